The van der Waals surface area contributed by atoms with Crippen LogP contribution in [0.3, 0.4) is 0 Å². The van der Waals surface area contributed by atoms with Gasteiger partial charge < -0.3 is 9.72 Å². The van der Waals surface area contributed by atoms with Crippen LogP contribution in [0.5, 0.6) is 5.75 Å². The molecule has 0 radical (unpaired) electrons. The lowest BCUT2D eigenvalue weighted by Crippen LogP contribution is -2.13. The molecule has 0 aliphatic heterocycles. The number of rotatable bonds is 5. The van der Waals surface area contributed by atoms with Gasteiger partial charge in [0.05, 0.1) is 10.9 Å². The minimum atomic E-state index is -0.275. The second kappa shape index (κ2) is 7.52. The van der Waals surface area contributed by atoms with Crippen LogP contribution in [0, 0.1) is 20.8 Å². The first kappa shape index (κ1) is 17.9. The minimum absolute atomic E-state index is 0.154. The molecule has 0 atom stereocenters. The zero-order valence-electron chi connectivity index (χ0n) is 15.3. The van der Waals surface area contributed by atoms with Crippen molar-refractivity contribution in [2.45, 2.75) is 40.0 Å². The zero-order valence-corrected chi connectivity index (χ0v) is 15.3. The second-order valence-corrected chi connectivity index (χ2v) is 6.59. The number of carbonyl (C=O) groups excluding carboxylic acids is 1. The first-order chi connectivity index (χ1) is 12.4. The van der Waals surface area contributed by atoms with Crippen molar-refractivity contribution < 1.29 is 9.53 Å². The first-order valence-corrected chi connectivity index (χ1v) is 8.70. The van der Waals surface area contributed by atoms with E-state index in [4.69, 9.17) is 4.74 Å². The number of hydrogen-bond acceptors (Lipinski definition) is 4. The summed E-state index contributed by atoms with van der Waals surface area (Å²) < 4.78 is 5.53. The van der Waals surface area contributed by atoms with E-state index in [-0.39, 0.29) is 17.9 Å². The van der Waals surface area contributed by atoms with E-state index in [9.17, 15) is 9.59 Å². The van der Waals surface area contributed by atoms with Crippen LogP contribution in [0.4, 0.5) is 0 Å². The average molecular weight is 350 g/mol. The Morgan fingerprint density at radius 2 is 1.81 bits per heavy atom. The molecular weight excluding hydrogens is 328 g/mol. The Kier molecular flexibility index (Phi) is 5.16. The van der Waals surface area contributed by atoms with Crippen molar-refractivity contribution in [3.8, 4) is 5.75 Å². The molecule has 0 saturated heterocycles. The predicted octanol–water partition coefficient (Wildman–Crippen LogP) is 3.78. The van der Waals surface area contributed by atoms with Gasteiger partial charge in [0.2, 0.25) is 0 Å². The number of aromatic amines is 1. The van der Waals surface area contributed by atoms with E-state index in [1.165, 1.54) is 0 Å². The Morgan fingerprint density at radius 3 is 2.54 bits per heavy atom. The number of nitrogens with one attached hydrogen (secondary N) is 1. The quantitative estimate of drug-likeness (QED) is 0.561. The molecule has 0 amide bonds. The van der Waals surface area contributed by atoms with E-state index in [2.05, 4.69) is 9.97 Å². The van der Waals surface area contributed by atoms with Gasteiger partial charge >= 0.3 is 5.97 Å². The fraction of sp³-hybridized carbons (Fsp3) is 0.286. The maximum Gasteiger partial charge on any atom is 0.311 e. The van der Waals surface area contributed by atoms with Gasteiger partial charge in [0.1, 0.15) is 11.6 Å². The number of H-pyrrole nitrogens is 1. The highest BCUT2D eigenvalue weighted by Gasteiger charge is 2.11. The highest BCUT2D eigenvalue weighted by molar-refractivity contribution is 5.77. The fourth-order valence-corrected chi connectivity index (χ4v) is 3.15. The third-order valence-electron chi connectivity index (χ3n) is 4.28. The van der Waals surface area contributed by atoms with Crippen molar-refractivity contribution >= 4 is 16.9 Å². The predicted molar refractivity (Wildman–Crippen MR) is 102 cm³/mol. The lowest BCUT2D eigenvalue weighted by atomic mass is 10.1. The Balaban J connectivity index is 1.62. The van der Waals surface area contributed by atoms with Gasteiger partial charge in [0.25, 0.3) is 5.56 Å². The molecule has 3 aromatic rings. The summed E-state index contributed by atoms with van der Waals surface area (Å²) in [7, 11) is 0. The number of esters is 1. The number of carbonyl (C=O) groups is 1. The van der Waals surface area contributed by atoms with Crippen LogP contribution >= 0.6 is 0 Å². The number of para-hydroxylation sites is 1. The molecule has 1 aromatic heterocycles. The molecule has 5 heteroatoms. The Bertz CT molecular complexity index is 998. The van der Waals surface area contributed by atoms with E-state index in [0.717, 1.165) is 16.7 Å². The Morgan fingerprint density at radius 1 is 1.12 bits per heavy atom. The SMILES string of the molecule is Cc1cc(C)c(OC(=O)CCCc2nc3ccccc3c(=O)[nH]2)c(C)c1. The summed E-state index contributed by atoms with van der Waals surface area (Å²) in [5.74, 6) is 0.949. The van der Waals surface area contributed by atoms with Gasteiger partial charge in [0, 0.05) is 12.8 Å². The monoisotopic (exact) mass is 350 g/mol. The fourth-order valence-electron chi connectivity index (χ4n) is 3.15. The minimum Gasteiger partial charge on any atom is -0.426 e. The third-order valence-corrected chi connectivity index (χ3v) is 4.28. The van der Waals surface area contributed by atoms with Crippen LogP contribution in [-0.2, 0) is 11.2 Å². The summed E-state index contributed by atoms with van der Waals surface area (Å²) in [5.41, 5.74) is 3.57. The highest BCUT2D eigenvalue weighted by Crippen LogP contribution is 2.25. The van der Waals surface area contributed by atoms with Crippen LogP contribution in [-0.4, -0.2) is 15.9 Å². The number of aryl methyl sites for hydroxylation is 4. The van der Waals surface area contributed by atoms with Crippen LogP contribution in [0.25, 0.3) is 10.9 Å². The van der Waals surface area contributed by atoms with Crippen molar-refractivity contribution in [1.82, 2.24) is 9.97 Å². The molecule has 0 aliphatic rings. The van der Waals surface area contributed by atoms with Gasteiger partial charge in [-0.15, -0.1) is 0 Å². The molecule has 0 aliphatic carbocycles. The summed E-state index contributed by atoms with van der Waals surface area (Å²) in [6, 6.07) is 11.2. The largest absolute Gasteiger partial charge is 0.426 e. The van der Waals surface area contributed by atoms with Gasteiger partial charge in [0.15, 0.2) is 0 Å². The van der Waals surface area contributed by atoms with Crippen molar-refractivity contribution in [3.63, 3.8) is 0 Å². The van der Waals surface area contributed by atoms with E-state index in [1.54, 1.807) is 6.07 Å². The molecule has 26 heavy (non-hydrogen) atoms. The molecule has 0 bridgehead atoms. The molecule has 0 spiro atoms. The number of fused-ring (bicyclic) bond motifs is 1. The van der Waals surface area contributed by atoms with Crippen molar-refractivity contribution in [1.29, 1.82) is 0 Å². The number of benzene rings is 2. The summed E-state index contributed by atoms with van der Waals surface area (Å²) in [5, 5.41) is 0.570. The molecule has 2 aromatic carbocycles. The lowest BCUT2D eigenvalue weighted by molar-refractivity contribution is -0.134. The van der Waals surface area contributed by atoms with E-state index in [0.29, 0.717) is 35.3 Å². The van der Waals surface area contributed by atoms with Crippen LogP contribution in [0.15, 0.2) is 41.2 Å². The topological polar surface area (TPSA) is 72.0 Å². The molecule has 1 heterocycles. The van der Waals surface area contributed by atoms with Gasteiger partial charge in [-0.3, -0.25) is 9.59 Å². The van der Waals surface area contributed by atoms with Crippen LogP contribution in [0.1, 0.15) is 35.4 Å². The molecule has 0 unspecified atom stereocenters. The zero-order chi connectivity index (χ0) is 18.7. The highest BCUT2D eigenvalue weighted by atomic mass is 16.5. The van der Waals surface area contributed by atoms with Crippen molar-refractivity contribution in [2.75, 3.05) is 0 Å². The first-order valence-electron chi connectivity index (χ1n) is 8.70. The summed E-state index contributed by atoms with van der Waals surface area (Å²) in [4.78, 5) is 31.4. The lowest BCUT2D eigenvalue weighted by Gasteiger charge is -2.11. The van der Waals surface area contributed by atoms with Crippen LogP contribution in [0.2, 0.25) is 0 Å². The van der Waals surface area contributed by atoms with Crippen LogP contribution < -0.4 is 10.3 Å². The molecule has 0 fully saturated rings. The van der Waals surface area contributed by atoms with E-state index >= 15 is 0 Å². The van der Waals surface area contributed by atoms with Gasteiger partial charge in [-0.2, -0.15) is 0 Å². The van der Waals surface area contributed by atoms with Gasteiger partial charge in [-0.1, -0.05) is 29.8 Å². The number of aromatic nitrogens is 2. The Labute approximate surface area is 152 Å². The molecule has 134 valence electrons. The summed E-state index contributed by atoms with van der Waals surface area (Å²) in [6.45, 7) is 5.89. The standard InChI is InChI=1S/C21H22N2O3/c1-13-11-14(2)20(15(3)12-13)26-19(24)10-6-9-18-22-17-8-5-4-7-16(17)21(25)23-18/h4-5,7-8,11-12H,6,9-10H2,1-3H3,(H,22,23,25). The van der Waals surface area contributed by atoms with Crippen molar-refractivity contribution in [2.24, 2.45) is 0 Å². The normalized spacial score (nSPS) is 10.9. The number of hydrogen-bond donors (Lipinski definition) is 1. The molecular formula is C21H22N2O3. The van der Waals surface area contributed by atoms with Gasteiger partial charge in [-0.25, -0.2) is 4.98 Å². The third kappa shape index (κ3) is 3.99. The smallest absolute Gasteiger partial charge is 0.311 e. The summed E-state index contributed by atoms with van der Waals surface area (Å²) >= 11 is 0. The Hall–Kier alpha value is -2.95. The summed E-state index contributed by atoms with van der Waals surface area (Å²) in [6.07, 6.45) is 1.34. The molecule has 5 nitrogen and oxygen atoms in total. The maximum atomic E-state index is 12.2. The average Bonchev–Trinajstić information content (AvgIpc) is 2.58. The van der Waals surface area contributed by atoms with E-state index in [1.807, 2.05) is 51.1 Å². The number of nitrogens with zero attached hydrogens (tertiary/aromatic N) is 1. The van der Waals surface area contributed by atoms with Gasteiger partial charge in [-0.05, 0) is 50.5 Å². The molecule has 1 N–H and O–H groups in total. The number of ether oxygens (including phenoxy) is 1. The molecule has 3 rings (SSSR count). The molecule has 0 saturated carbocycles. The second-order valence-electron chi connectivity index (χ2n) is 6.59. The van der Waals surface area contributed by atoms with Crippen molar-refractivity contribution in [3.05, 3.63) is 69.3 Å². The van der Waals surface area contributed by atoms with E-state index < -0.39 is 0 Å². The maximum absolute atomic E-state index is 12.2.